The molecule has 1 amide bonds. The molecule has 0 spiro atoms. The molecule has 0 fully saturated rings. The molecule has 0 aliphatic heterocycles. The van der Waals surface area contributed by atoms with Crippen LogP contribution in [0.2, 0.25) is 0 Å². The van der Waals surface area contributed by atoms with E-state index in [1.54, 1.807) is 12.1 Å². The number of nitrogens with zero attached hydrogens (tertiary/aromatic N) is 1. The van der Waals surface area contributed by atoms with Gasteiger partial charge in [0.15, 0.2) is 5.58 Å². The minimum atomic E-state index is -1.48. The molecule has 1 heterocycles. The van der Waals surface area contributed by atoms with Crippen LogP contribution in [-0.2, 0) is 20.8 Å². The Morgan fingerprint density at radius 1 is 1.32 bits per heavy atom. The lowest BCUT2D eigenvalue weighted by atomic mass is 10.1. The number of benzene rings is 1. The summed E-state index contributed by atoms with van der Waals surface area (Å²) in [5, 5.41) is 24.1. The van der Waals surface area contributed by atoms with E-state index in [1.807, 2.05) is 13.0 Å². The van der Waals surface area contributed by atoms with E-state index in [2.05, 4.69) is 10.5 Å². The average molecular weight is 306 g/mol. The van der Waals surface area contributed by atoms with E-state index in [4.69, 9.17) is 14.7 Å². The van der Waals surface area contributed by atoms with E-state index < -0.39 is 30.3 Å². The van der Waals surface area contributed by atoms with Crippen LogP contribution in [0.3, 0.4) is 0 Å². The molecule has 2 rings (SSSR count). The SMILES string of the molecule is Cc1ccc2onc(CC(=O)NC(CC(=O)O)C(=O)O)c2c1. The van der Waals surface area contributed by atoms with Crippen molar-refractivity contribution in [3.63, 3.8) is 0 Å². The number of aromatic nitrogens is 1. The lowest BCUT2D eigenvalue weighted by Crippen LogP contribution is -2.42. The molecule has 1 unspecified atom stereocenters. The molecule has 0 aliphatic carbocycles. The number of carbonyl (C=O) groups is 3. The van der Waals surface area contributed by atoms with Crippen molar-refractivity contribution < 1.29 is 29.1 Å². The second-order valence-corrected chi connectivity index (χ2v) is 4.86. The predicted molar refractivity (Wildman–Crippen MR) is 74.3 cm³/mol. The first-order chi connectivity index (χ1) is 10.4. The number of nitrogens with one attached hydrogen (secondary N) is 1. The fraction of sp³-hybridized carbons (Fsp3) is 0.286. The molecule has 8 nitrogen and oxygen atoms in total. The number of amides is 1. The van der Waals surface area contributed by atoms with Gasteiger partial charge in [0, 0.05) is 5.39 Å². The topological polar surface area (TPSA) is 130 Å². The largest absolute Gasteiger partial charge is 0.481 e. The Morgan fingerprint density at radius 2 is 2.05 bits per heavy atom. The zero-order valence-corrected chi connectivity index (χ0v) is 11.7. The average Bonchev–Trinajstić information content (AvgIpc) is 2.80. The van der Waals surface area contributed by atoms with E-state index in [0.29, 0.717) is 16.7 Å². The monoisotopic (exact) mass is 306 g/mol. The summed E-state index contributed by atoms with van der Waals surface area (Å²) in [5.74, 6) is -3.35. The molecular formula is C14H14N2O6. The summed E-state index contributed by atoms with van der Waals surface area (Å²) in [5.41, 5.74) is 1.86. The minimum absolute atomic E-state index is 0.195. The first-order valence-electron chi connectivity index (χ1n) is 6.45. The van der Waals surface area contributed by atoms with Gasteiger partial charge in [-0.3, -0.25) is 9.59 Å². The molecule has 0 bridgehead atoms. The Labute approximate surface area is 124 Å². The van der Waals surface area contributed by atoms with Gasteiger partial charge in [-0.05, 0) is 19.1 Å². The third-order valence-electron chi connectivity index (χ3n) is 3.04. The Morgan fingerprint density at radius 3 is 2.68 bits per heavy atom. The molecular weight excluding hydrogens is 292 g/mol. The van der Waals surface area contributed by atoms with Crippen molar-refractivity contribution in [2.24, 2.45) is 0 Å². The number of aliphatic carboxylic acids is 2. The van der Waals surface area contributed by atoms with Crippen molar-refractivity contribution in [3.05, 3.63) is 29.5 Å². The van der Waals surface area contributed by atoms with Crippen molar-refractivity contribution in [2.45, 2.75) is 25.8 Å². The van der Waals surface area contributed by atoms with Crippen LogP contribution < -0.4 is 5.32 Å². The molecule has 1 atom stereocenters. The van der Waals surface area contributed by atoms with Crippen LogP contribution in [0, 0.1) is 6.92 Å². The second-order valence-electron chi connectivity index (χ2n) is 4.86. The maximum atomic E-state index is 11.9. The number of hydrogen-bond donors (Lipinski definition) is 3. The number of rotatable bonds is 6. The van der Waals surface area contributed by atoms with Crippen LogP contribution in [0.1, 0.15) is 17.7 Å². The van der Waals surface area contributed by atoms with E-state index >= 15 is 0 Å². The Kier molecular flexibility index (Phi) is 4.40. The van der Waals surface area contributed by atoms with Crippen LogP contribution in [0.5, 0.6) is 0 Å². The van der Waals surface area contributed by atoms with E-state index in [0.717, 1.165) is 5.56 Å². The van der Waals surface area contributed by atoms with Crippen molar-refractivity contribution >= 4 is 28.8 Å². The van der Waals surface area contributed by atoms with Gasteiger partial charge in [0.2, 0.25) is 5.91 Å². The number of carboxylic acids is 2. The standard InChI is InChI=1S/C14H14N2O6/c1-7-2-3-11-8(4-7)9(16-22-11)5-12(17)15-10(14(20)21)6-13(18)19/h2-4,10H,5-6H2,1H3,(H,15,17)(H,18,19)(H,20,21). The highest BCUT2D eigenvalue weighted by molar-refractivity contribution is 5.90. The number of carboxylic acid groups (broad SMARTS) is 2. The van der Waals surface area contributed by atoms with Gasteiger partial charge in [0.1, 0.15) is 11.7 Å². The van der Waals surface area contributed by atoms with Gasteiger partial charge in [-0.25, -0.2) is 4.79 Å². The van der Waals surface area contributed by atoms with Crippen molar-refractivity contribution in [2.75, 3.05) is 0 Å². The van der Waals surface area contributed by atoms with E-state index in [9.17, 15) is 14.4 Å². The number of fused-ring (bicyclic) bond motifs is 1. The molecule has 0 saturated carbocycles. The minimum Gasteiger partial charge on any atom is -0.481 e. The van der Waals surface area contributed by atoms with Crippen molar-refractivity contribution in [3.8, 4) is 0 Å². The van der Waals surface area contributed by atoms with Crippen LogP contribution in [0.25, 0.3) is 11.0 Å². The predicted octanol–water partition coefficient (Wildman–Crippen LogP) is 0.723. The molecule has 2 aromatic rings. The second kappa shape index (κ2) is 6.25. The molecule has 0 aliphatic rings. The summed E-state index contributed by atoms with van der Waals surface area (Å²) in [4.78, 5) is 33.4. The van der Waals surface area contributed by atoms with Gasteiger partial charge in [-0.2, -0.15) is 0 Å². The number of carbonyl (C=O) groups excluding carboxylic acids is 1. The van der Waals surface area contributed by atoms with Gasteiger partial charge in [0.05, 0.1) is 12.8 Å². The van der Waals surface area contributed by atoms with Gasteiger partial charge in [-0.15, -0.1) is 0 Å². The highest BCUT2D eigenvalue weighted by Gasteiger charge is 2.24. The van der Waals surface area contributed by atoms with Crippen LogP contribution >= 0.6 is 0 Å². The van der Waals surface area contributed by atoms with Crippen LogP contribution in [0.4, 0.5) is 0 Å². The summed E-state index contributed by atoms with van der Waals surface area (Å²) in [6, 6.07) is 3.89. The molecule has 0 saturated heterocycles. The van der Waals surface area contributed by atoms with Gasteiger partial charge >= 0.3 is 11.9 Å². The van der Waals surface area contributed by atoms with E-state index in [1.165, 1.54) is 0 Å². The third-order valence-corrected chi connectivity index (χ3v) is 3.04. The zero-order valence-electron chi connectivity index (χ0n) is 11.7. The molecule has 8 heteroatoms. The van der Waals surface area contributed by atoms with Crippen LogP contribution in [-0.4, -0.2) is 39.3 Å². The lowest BCUT2D eigenvalue weighted by Gasteiger charge is -2.11. The summed E-state index contributed by atoms with van der Waals surface area (Å²) in [6.07, 6.45) is -0.889. The maximum Gasteiger partial charge on any atom is 0.326 e. The Bertz CT molecular complexity index is 736. The van der Waals surface area contributed by atoms with Crippen LogP contribution in [0.15, 0.2) is 22.7 Å². The third kappa shape index (κ3) is 3.60. The smallest absolute Gasteiger partial charge is 0.326 e. The maximum absolute atomic E-state index is 11.9. The highest BCUT2D eigenvalue weighted by Crippen LogP contribution is 2.20. The summed E-state index contributed by atoms with van der Waals surface area (Å²) in [6.45, 7) is 1.88. The van der Waals surface area contributed by atoms with Gasteiger partial charge < -0.3 is 20.1 Å². The summed E-state index contributed by atoms with van der Waals surface area (Å²) in [7, 11) is 0. The molecule has 116 valence electrons. The number of aryl methyl sites for hydroxylation is 1. The molecule has 22 heavy (non-hydrogen) atoms. The summed E-state index contributed by atoms with van der Waals surface area (Å²) < 4.78 is 5.08. The molecule has 0 radical (unpaired) electrons. The first-order valence-corrected chi connectivity index (χ1v) is 6.45. The normalized spacial score (nSPS) is 12.0. The van der Waals surface area contributed by atoms with Crippen molar-refractivity contribution in [1.82, 2.24) is 10.5 Å². The summed E-state index contributed by atoms with van der Waals surface area (Å²) >= 11 is 0. The molecule has 1 aromatic carbocycles. The fourth-order valence-electron chi connectivity index (χ4n) is 2.00. The Balaban J connectivity index is 2.11. The fourth-order valence-corrected chi connectivity index (χ4v) is 2.00. The van der Waals surface area contributed by atoms with Crippen molar-refractivity contribution in [1.29, 1.82) is 0 Å². The Hall–Kier alpha value is -2.90. The highest BCUT2D eigenvalue weighted by atomic mass is 16.5. The first kappa shape index (κ1) is 15.5. The lowest BCUT2D eigenvalue weighted by molar-refractivity contribution is -0.147. The zero-order chi connectivity index (χ0) is 16.3. The number of hydrogen-bond acceptors (Lipinski definition) is 5. The molecule has 3 N–H and O–H groups in total. The van der Waals surface area contributed by atoms with Gasteiger partial charge in [-0.1, -0.05) is 16.8 Å². The molecule has 1 aromatic heterocycles. The quantitative estimate of drug-likeness (QED) is 0.717. The van der Waals surface area contributed by atoms with E-state index in [-0.39, 0.29) is 6.42 Å². The van der Waals surface area contributed by atoms with Gasteiger partial charge in [0.25, 0.3) is 0 Å².